The predicted molar refractivity (Wildman–Crippen MR) is 177 cm³/mol. The van der Waals surface area contributed by atoms with Gasteiger partial charge in [-0.05, 0) is 69.1 Å². The lowest BCUT2D eigenvalue weighted by molar-refractivity contribution is -0.139. The number of piperazine rings is 1. The van der Waals surface area contributed by atoms with Gasteiger partial charge in [-0.3, -0.25) is 19.7 Å². The number of carbonyl (C=O) groups is 2. The van der Waals surface area contributed by atoms with E-state index in [9.17, 15) is 14.0 Å². The van der Waals surface area contributed by atoms with Gasteiger partial charge in [-0.25, -0.2) is 9.18 Å². The highest BCUT2D eigenvalue weighted by molar-refractivity contribution is 7.22. The number of anilines is 1. The van der Waals surface area contributed by atoms with Crippen molar-refractivity contribution in [2.24, 2.45) is 5.92 Å². The van der Waals surface area contributed by atoms with E-state index < -0.39 is 5.82 Å². The molecule has 0 spiro atoms. The number of nitrogens with one attached hydrogen (secondary N) is 2. The van der Waals surface area contributed by atoms with Crippen LogP contribution in [-0.4, -0.2) is 89.0 Å². The van der Waals surface area contributed by atoms with Gasteiger partial charge in [0.1, 0.15) is 5.75 Å². The maximum absolute atomic E-state index is 15.0. The number of amides is 3. The number of benzene rings is 1. The molecule has 0 radical (unpaired) electrons. The summed E-state index contributed by atoms with van der Waals surface area (Å²) in [6.07, 6.45) is 7.48. The predicted octanol–water partition coefficient (Wildman–Crippen LogP) is 5.56. The fourth-order valence-electron chi connectivity index (χ4n) is 6.09. The lowest BCUT2D eigenvalue weighted by atomic mass is 9.96. The quantitative estimate of drug-likeness (QED) is 0.259. The molecule has 3 fully saturated rings. The fraction of sp³-hybridized carbons (Fsp3) is 0.412. The van der Waals surface area contributed by atoms with E-state index in [1.54, 1.807) is 18.3 Å². The summed E-state index contributed by atoms with van der Waals surface area (Å²) in [6, 6.07) is 12.0. The largest absolute Gasteiger partial charge is 0.453 e. The van der Waals surface area contributed by atoms with E-state index in [2.05, 4.69) is 38.5 Å². The number of carbonyl (C=O) groups excluding carboxylic acids is 2. The molecule has 3 amide bonds. The van der Waals surface area contributed by atoms with Crippen LogP contribution in [0.15, 0.2) is 54.9 Å². The topological polar surface area (TPSA) is 103 Å². The van der Waals surface area contributed by atoms with Crippen LogP contribution in [0.5, 0.6) is 11.5 Å². The van der Waals surface area contributed by atoms with Gasteiger partial charge in [-0.15, -0.1) is 11.3 Å². The molecule has 10 nitrogen and oxygen atoms in total. The molecule has 46 heavy (non-hydrogen) atoms. The summed E-state index contributed by atoms with van der Waals surface area (Å²) < 4.78 is 21.7. The minimum Gasteiger partial charge on any atom is -0.453 e. The maximum Gasteiger partial charge on any atom is 0.319 e. The van der Waals surface area contributed by atoms with Gasteiger partial charge in [0.15, 0.2) is 11.6 Å². The summed E-state index contributed by atoms with van der Waals surface area (Å²) in [5.74, 6) is 0.344. The monoisotopic (exact) mass is 643 g/mol. The smallest absolute Gasteiger partial charge is 0.319 e. The number of ether oxygens (including phenoxy) is 1. The standard InChI is InChI=1S/C34H38FN7O3S/c1-40-13-15-42(16-14-40)33(43)23-3-2-12-41(21-23)20-22-4-8-27(37-19-22)31-18-28-32(46-31)30(10-11-36-28)45-29-9-7-25(17-26(29)35)39-34(44)38-24-5-6-24/h4,7-11,17-19,23-24H,2-3,5-6,12-16,20-21H2,1H3,(H2,38,39,44). The van der Waals surface area contributed by atoms with Crippen molar-refractivity contribution in [3.63, 3.8) is 0 Å². The van der Waals surface area contributed by atoms with Crippen molar-refractivity contribution in [1.29, 1.82) is 0 Å². The number of hydrogen-bond acceptors (Lipinski definition) is 8. The first kappa shape index (κ1) is 30.5. The second-order valence-corrected chi connectivity index (χ2v) is 13.6. The molecule has 3 aliphatic rings. The Bertz CT molecular complexity index is 1720. The Labute approximate surface area is 271 Å². The number of aromatic nitrogens is 2. The minimum atomic E-state index is -0.577. The van der Waals surface area contributed by atoms with Crippen LogP contribution in [0.1, 0.15) is 31.2 Å². The molecule has 2 saturated heterocycles. The van der Waals surface area contributed by atoms with E-state index >= 15 is 0 Å². The normalized spacial score (nSPS) is 19.3. The molecular weight excluding hydrogens is 605 g/mol. The molecule has 5 heterocycles. The summed E-state index contributed by atoms with van der Waals surface area (Å²) >= 11 is 1.49. The van der Waals surface area contributed by atoms with Gasteiger partial charge in [0.25, 0.3) is 0 Å². The molecule has 1 aliphatic carbocycles. The molecule has 0 bridgehead atoms. The molecule has 1 saturated carbocycles. The zero-order valence-corrected chi connectivity index (χ0v) is 26.7. The van der Waals surface area contributed by atoms with Crippen molar-refractivity contribution in [3.8, 4) is 22.1 Å². The molecule has 240 valence electrons. The third kappa shape index (κ3) is 7.14. The van der Waals surface area contributed by atoms with Crippen LogP contribution in [-0.2, 0) is 11.3 Å². The van der Waals surface area contributed by atoms with Gasteiger partial charge in [0, 0.05) is 75.5 Å². The summed E-state index contributed by atoms with van der Waals surface area (Å²) in [5, 5.41) is 5.48. The van der Waals surface area contributed by atoms with E-state index in [1.807, 2.05) is 23.2 Å². The first-order valence-corrected chi connectivity index (χ1v) is 16.8. The number of fused-ring (bicyclic) bond motifs is 1. The van der Waals surface area contributed by atoms with Gasteiger partial charge in [-0.2, -0.15) is 0 Å². The highest BCUT2D eigenvalue weighted by Crippen LogP contribution is 2.39. The van der Waals surface area contributed by atoms with Crippen molar-refractivity contribution >= 4 is 39.2 Å². The number of nitrogens with zero attached hydrogens (tertiary/aromatic N) is 5. The molecule has 2 aliphatic heterocycles. The molecule has 1 atom stereocenters. The van der Waals surface area contributed by atoms with Crippen molar-refractivity contribution < 1.29 is 18.7 Å². The van der Waals surface area contributed by atoms with Crippen molar-refractivity contribution in [2.45, 2.75) is 38.3 Å². The number of piperidine rings is 1. The molecule has 1 aromatic carbocycles. The molecule has 12 heteroatoms. The Kier molecular flexibility index (Phi) is 8.83. The number of halogens is 1. The SMILES string of the molecule is CN1CCN(C(=O)C2CCCN(Cc3ccc(-c4cc5nccc(Oc6ccc(NC(=O)NC7CC7)cc6F)c5s4)nc3)C2)CC1. The first-order chi connectivity index (χ1) is 22.4. The fourth-order valence-corrected chi connectivity index (χ4v) is 7.13. The third-order valence-electron chi connectivity index (χ3n) is 8.85. The second-order valence-electron chi connectivity index (χ2n) is 12.5. The molecule has 3 aromatic heterocycles. The summed E-state index contributed by atoms with van der Waals surface area (Å²) in [6.45, 7) is 6.05. The van der Waals surface area contributed by atoms with Crippen LogP contribution in [0.2, 0.25) is 0 Å². The molecular formula is C34H38FN7O3S. The van der Waals surface area contributed by atoms with Gasteiger partial charge in [-0.1, -0.05) is 6.07 Å². The number of likely N-dealkylation sites (N-methyl/N-ethyl adjacent to an activating group) is 1. The van der Waals surface area contributed by atoms with Crippen LogP contribution in [0.3, 0.4) is 0 Å². The second kappa shape index (κ2) is 13.3. The average Bonchev–Trinajstić information content (AvgIpc) is 3.76. The third-order valence-corrected chi connectivity index (χ3v) is 10.0. The van der Waals surface area contributed by atoms with Crippen molar-refractivity contribution in [3.05, 3.63) is 66.2 Å². The van der Waals surface area contributed by atoms with E-state index in [0.29, 0.717) is 17.3 Å². The zero-order valence-electron chi connectivity index (χ0n) is 25.9. The van der Waals surface area contributed by atoms with Gasteiger partial charge in [0.05, 0.1) is 26.7 Å². The zero-order chi connectivity index (χ0) is 31.6. The highest BCUT2D eigenvalue weighted by Gasteiger charge is 2.30. The van der Waals surface area contributed by atoms with Crippen molar-refractivity contribution in [2.75, 3.05) is 51.6 Å². The minimum absolute atomic E-state index is 0.0586. The number of hydrogen-bond donors (Lipinski definition) is 2. The van der Waals surface area contributed by atoms with Gasteiger partial charge >= 0.3 is 6.03 Å². The number of rotatable bonds is 8. The summed E-state index contributed by atoms with van der Waals surface area (Å²) in [7, 11) is 2.11. The van der Waals surface area contributed by atoms with Gasteiger partial charge < -0.3 is 25.2 Å². The van der Waals surface area contributed by atoms with E-state index in [4.69, 9.17) is 9.72 Å². The Morgan fingerprint density at radius 2 is 1.85 bits per heavy atom. The lowest BCUT2D eigenvalue weighted by Gasteiger charge is -2.38. The number of likely N-dealkylation sites (tertiary alicyclic amines) is 1. The summed E-state index contributed by atoms with van der Waals surface area (Å²) in [4.78, 5) is 42.1. The summed E-state index contributed by atoms with van der Waals surface area (Å²) in [5.41, 5.74) is 3.03. The Hall–Kier alpha value is -4.13. The van der Waals surface area contributed by atoms with Gasteiger partial charge in [0.2, 0.25) is 5.91 Å². The Morgan fingerprint density at radius 1 is 1.00 bits per heavy atom. The molecule has 2 N–H and O–H groups in total. The van der Waals surface area contributed by atoms with Crippen molar-refractivity contribution in [1.82, 2.24) is 30.0 Å². The van der Waals surface area contributed by atoms with E-state index in [1.165, 1.54) is 23.5 Å². The van der Waals surface area contributed by atoms with Crippen LogP contribution in [0.25, 0.3) is 20.8 Å². The van der Waals surface area contributed by atoms with E-state index in [-0.39, 0.29) is 23.7 Å². The lowest BCUT2D eigenvalue weighted by Crippen LogP contribution is -2.51. The molecule has 1 unspecified atom stereocenters. The van der Waals surface area contributed by atoms with Crippen LogP contribution < -0.4 is 15.4 Å². The number of pyridine rings is 2. The Balaban J connectivity index is 0.989. The average molecular weight is 644 g/mol. The molecule has 7 rings (SSSR count). The molecule has 4 aromatic rings. The Morgan fingerprint density at radius 3 is 2.61 bits per heavy atom. The van der Waals surface area contributed by atoms with Crippen LogP contribution >= 0.6 is 11.3 Å². The van der Waals surface area contributed by atoms with E-state index in [0.717, 1.165) is 97.8 Å². The number of thiophene rings is 1. The van der Waals surface area contributed by atoms with Crippen LogP contribution in [0.4, 0.5) is 14.9 Å². The maximum atomic E-state index is 15.0. The first-order valence-electron chi connectivity index (χ1n) is 16.0. The highest BCUT2D eigenvalue weighted by atomic mass is 32.1. The number of urea groups is 1. The van der Waals surface area contributed by atoms with Crippen LogP contribution in [0, 0.1) is 11.7 Å².